The van der Waals surface area contributed by atoms with Crippen LogP contribution in [0.3, 0.4) is 0 Å². The molecule has 1 fully saturated rings. The summed E-state index contributed by atoms with van der Waals surface area (Å²) in [6, 6.07) is 12.0. The largest absolute Gasteiger partial charge is 0.339 e. The predicted octanol–water partition coefficient (Wildman–Crippen LogP) is 4.12. The van der Waals surface area contributed by atoms with Crippen LogP contribution in [0.5, 0.6) is 0 Å². The van der Waals surface area contributed by atoms with E-state index in [4.69, 9.17) is 11.6 Å². The molecule has 24 heavy (non-hydrogen) atoms. The van der Waals surface area contributed by atoms with Gasteiger partial charge >= 0.3 is 0 Å². The van der Waals surface area contributed by atoms with Crippen molar-refractivity contribution in [3.63, 3.8) is 0 Å². The standard InChI is InChI=1S/C19H23ClN2OS/c1-19(2,18(23)22-12-10-21(3)11-13-22)17-9-8-16(24-17)14-4-6-15(20)7-5-14/h4-9H,10-13H2,1-3H3. The molecule has 0 radical (unpaired) electrons. The van der Waals surface area contributed by atoms with E-state index in [0.29, 0.717) is 0 Å². The van der Waals surface area contributed by atoms with Gasteiger partial charge in [0.1, 0.15) is 0 Å². The average molecular weight is 363 g/mol. The maximum absolute atomic E-state index is 13.0. The quantitative estimate of drug-likeness (QED) is 0.820. The zero-order valence-electron chi connectivity index (χ0n) is 14.4. The lowest BCUT2D eigenvalue weighted by Gasteiger charge is -2.37. The highest BCUT2D eigenvalue weighted by atomic mass is 35.5. The van der Waals surface area contributed by atoms with Gasteiger partial charge in [-0.15, -0.1) is 11.3 Å². The van der Waals surface area contributed by atoms with Crippen molar-refractivity contribution in [2.24, 2.45) is 0 Å². The van der Waals surface area contributed by atoms with E-state index in [9.17, 15) is 4.79 Å². The van der Waals surface area contributed by atoms with E-state index in [-0.39, 0.29) is 5.91 Å². The van der Waals surface area contributed by atoms with Crippen molar-refractivity contribution in [1.29, 1.82) is 0 Å². The first-order valence-electron chi connectivity index (χ1n) is 8.22. The molecule has 0 saturated carbocycles. The monoisotopic (exact) mass is 362 g/mol. The van der Waals surface area contributed by atoms with Crippen LogP contribution in [0, 0.1) is 0 Å². The van der Waals surface area contributed by atoms with Crippen molar-refractivity contribution >= 4 is 28.8 Å². The predicted molar refractivity (Wildman–Crippen MR) is 102 cm³/mol. The van der Waals surface area contributed by atoms with Gasteiger partial charge in [-0.1, -0.05) is 23.7 Å². The number of likely N-dealkylation sites (N-methyl/N-ethyl adjacent to an activating group) is 1. The van der Waals surface area contributed by atoms with Crippen molar-refractivity contribution in [3.8, 4) is 10.4 Å². The fourth-order valence-electron chi connectivity index (χ4n) is 2.95. The zero-order valence-corrected chi connectivity index (χ0v) is 16.0. The highest BCUT2D eigenvalue weighted by molar-refractivity contribution is 7.15. The number of benzene rings is 1. The van der Waals surface area contributed by atoms with Gasteiger partial charge in [-0.05, 0) is 50.7 Å². The van der Waals surface area contributed by atoms with Gasteiger partial charge in [0.2, 0.25) is 5.91 Å². The van der Waals surface area contributed by atoms with Gasteiger partial charge in [-0.2, -0.15) is 0 Å². The first kappa shape index (κ1) is 17.5. The molecule has 2 aromatic rings. The van der Waals surface area contributed by atoms with E-state index >= 15 is 0 Å². The van der Waals surface area contributed by atoms with Crippen LogP contribution in [-0.4, -0.2) is 48.9 Å². The molecule has 1 saturated heterocycles. The SMILES string of the molecule is CN1CCN(C(=O)C(C)(C)c2ccc(-c3ccc(Cl)cc3)s2)CC1. The molecule has 1 aromatic heterocycles. The van der Waals surface area contributed by atoms with Crippen LogP contribution in [0.25, 0.3) is 10.4 Å². The molecule has 2 heterocycles. The molecule has 0 atom stereocenters. The second kappa shape index (κ2) is 6.87. The highest BCUT2D eigenvalue weighted by Crippen LogP contribution is 2.36. The minimum atomic E-state index is -0.495. The van der Waals surface area contributed by atoms with Crippen molar-refractivity contribution in [2.75, 3.05) is 33.2 Å². The molecule has 1 amide bonds. The van der Waals surface area contributed by atoms with Gasteiger partial charge in [0.05, 0.1) is 5.41 Å². The Morgan fingerprint density at radius 2 is 1.67 bits per heavy atom. The Bertz CT molecular complexity index is 715. The van der Waals surface area contributed by atoms with Gasteiger partial charge in [-0.25, -0.2) is 0 Å². The first-order valence-corrected chi connectivity index (χ1v) is 9.41. The lowest BCUT2D eigenvalue weighted by molar-refractivity contribution is -0.137. The summed E-state index contributed by atoms with van der Waals surface area (Å²) in [7, 11) is 2.10. The maximum Gasteiger partial charge on any atom is 0.233 e. The summed E-state index contributed by atoms with van der Waals surface area (Å²) < 4.78 is 0. The van der Waals surface area contributed by atoms with E-state index in [1.54, 1.807) is 11.3 Å². The van der Waals surface area contributed by atoms with E-state index in [0.717, 1.165) is 41.6 Å². The molecule has 1 aromatic carbocycles. The maximum atomic E-state index is 13.0. The second-order valence-electron chi connectivity index (χ2n) is 6.89. The summed E-state index contributed by atoms with van der Waals surface area (Å²) in [6.07, 6.45) is 0. The molecule has 1 aliphatic rings. The average Bonchev–Trinajstić information content (AvgIpc) is 3.06. The van der Waals surface area contributed by atoms with Crippen LogP contribution < -0.4 is 0 Å². The number of rotatable bonds is 3. The summed E-state index contributed by atoms with van der Waals surface area (Å²) >= 11 is 7.66. The molecule has 128 valence electrons. The third-order valence-electron chi connectivity index (χ3n) is 4.68. The van der Waals surface area contributed by atoms with Crippen LogP contribution in [0.15, 0.2) is 36.4 Å². The molecule has 3 nitrogen and oxygen atoms in total. The Kier molecular flexibility index (Phi) is 5.00. The number of amides is 1. The summed E-state index contributed by atoms with van der Waals surface area (Å²) in [4.78, 5) is 19.6. The van der Waals surface area contributed by atoms with Gasteiger partial charge in [-0.3, -0.25) is 4.79 Å². The molecule has 0 spiro atoms. The van der Waals surface area contributed by atoms with Gasteiger partial charge in [0, 0.05) is 41.0 Å². The molecule has 1 aliphatic heterocycles. The topological polar surface area (TPSA) is 23.6 Å². The minimum Gasteiger partial charge on any atom is -0.339 e. The van der Waals surface area contributed by atoms with Gasteiger partial charge in [0.25, 0.3) is 0 Å². The third kappa shape index (κ3) is 3.51. The minimum absolute atomic E-state index is 0.222. The van der Waals surface area contributed by atoms with Crippen LogP contribution in [0.4, 0.5) is 0 Å². The molecular weight excluding hydrogens is 340 g/mol. The number of halogens is 1. The van der Waals surface area contributed by atoms with Crippen LogP contribution in [0.1, 0.15) is 18.7 Å². The van der Waals surface area contributed by atoms with E-state index < -0.39 is 5.41 Å². The summed E-state index contributed by atoms with van der Waals surface area (Å²) in [5, 5.41) is 0.737. The number of hydrogen-bond donors (Lipinski definition) is 0. The van der Waals surface area contributed by atoms with Crippen LogP contribution >= 0.6 is 22.9 Å². The molecule has 3 rings (SSSR count). The van der Waals surface area contributed by atoms with Gasteiger partial charge < -0.3 is 9.80 Å². The number of hydrogen-bond acceptors (Lipinski definition) is 3. The fraction of sp³-hybridized carbons (Fsp3) is 0.421. The normalized spacial score (nSPS) is 16.4. The Labute approximate surface area is 152 Å². The van der Waals surface area contributed by atoms with E-state index in [1.807, 2.05) is 43.0 Å². The molecule has 5 heteroatoms. The van der Waals surface area contributed by atoms with Crippen LogP contribution in [0.2, 0.25) is 5.02 Å². The number of carbonyl (C=O) groups is 1. The summed E-state index contributed by atoms with van der Waals surface area (Å²) in [5.74, 6) is 0.222. The van der Waals surface area contributed by atoms with Crippen molar-refractivity contribution in [2.45, 2.75) is 19.3 Å². The number of nitrogens with zero attached hydrogens (tertiary/aromatic N) is 2. The Hall–Kier alpha value is -1.36. The molecule has 0 N–H and O–H groups in total. The van der Waals surface area contributed by atoms with Crippen molar-refractivity contribution < 1.29 is 4.79 Å². The molecule has 0 aliphatic carbocycles. The molecule has 0 bridgehead atoms. The van der Waals surface area contributed by atoms with E-state index in [2.05, 4.69) is 24.1 Å². The lowest BCUT2D eigenvalue weighted by atomic mass is 9.89. The lowest BCUT2D eigenvalue weighted by Crippen LogP contribution is -2.52. The smallest absolute Gasteiger partial charge is 0.233 e. The molecule has 0 unspecified atom stereocenters. The van der Waals surface area contributed by atoms with Crippen molar-refractivity contribution in [1.82, 2.24) is 9.80 Å². The van der Waals surface area contributed by atoms with Crippen molar-refractivity contribution in [3.05, 3.63) is 46.3 Å². The Morgan fingerprint density at radius 3 is 2.29 bits per heavy atom. The zero-order chi connectivity index (χ0) is 17.3. The first-order chi connectivity index (χ1) is 11.4. The number of carbonyl (C=O) groups excluding carboxylic acids is 1. The highest BCUT2D eigenvalue weighted by Gasteiger charge is 2.36. The number of piperazine rings is 1. The fourth-order valence-corrected chi connectivity index (χ4v) is 4.18. The van der Waals surface area contributed by atoms with Crippen LogP contribution in [-0.2, 0) is 10.2 Å². The van der Waals surface area contributed by atoms with Gasteiger partial charge in [0.15, 0.2) is 0 Å². The third-order valence-corrected chi connectivity index (χ3v) is 6.39. The summed E-state index contributed by atoms with van der Waals surface area (Å²) in [6.45, 7) is 7.59. The Balaban J connectivity index is 1.79. The number of thiophene rings is 1. The Morgan fingerprint density at radius 1 is 1.04 bits per heavy atom. The van der Waals surface area contributed by atoms with E-state index in [1.165, 1.54) is 4.88 Å². The summed E-state index contributed by atoms with van der Waals surface area (Å²) in [5.41, 5.74) is 0.643. The second-order valence-corrected chi connectivity index (χ2v) is 8.41. The molecular formula is C19H23ClN2OS.